The molecule has 1 aromatic heterocycles. The number of H-pyrrole nitrogens is 2. The number of rotatable bonds is 3. The van der Waals surface area contributed by atoms with Crippen LogP contribution >= 0.6 is 24.4 Å². The van der Waals surface area contributed by atoms with E-state index in [1.807, 2.05) is 0 Å². The summed E-state index contributed by atoms with van der Waals surface area (Å²) in [6, 6.07) is 6.30. The number of nitrogens with one attached hydrogen (secondary N) is 2. The minimum absolute atomic E-state index is 0.225. The molecule has 0 spiro atoms. The van der Waals surface area contributed by atoms with Crippen molar-refractivity contribution in [1.82, 2.24) is 14.9 Å². The highest BCUT2D eigenvalue weighted by Crippen LogP contribution is 2.02. The average Bonchev–Trinajstić information content (AvgIpc) is 2.67. The summed E-state index contributed by atoms with van der Waals surface area (Å²) >= 11 is 9.92. The molecule has 0 amide bonds. The molecule has 0 aliphatic rings. The summed E-state index contributed by atoms with van der Waals surface area (Å²) in [5.74, 6) is -0.964. The number of carboxylic acid groups (broad SMARTS) is 1. The van der Waals surface area contributed by atoms with Crippen molar-refractivity contribution in [2.75, 3.05) is 0 Å². The largest absolute Gasteiger partial charge is 0.478 e. The number of aromatic nitrogens is 3. The average molecular weight is 280 g/mol. The van der Waals surface area contributed by atoms with Crippen LogP contribution in [0.5, 0.6) is 0 Å². The fourth-order valence-corrected chi connectivity index (χ4v) is 1.68. The first kappa shape index (κ1) is 12.4. The zero-order valence-corrected chi connectivity index (χ0v) is 10.6. The molecular formula is C10H8N4O2S2. The Morgan fingerprint density at radius 2 is 1.78 bits per heavy atom. The molecule has 0 unspecified atom stereocenters. The van der Waals surface area contributed by atoms with Crippen LogP contribution in [-0.2, 0) is 0 Å². The fourth-order valence-electron chi connectivity index (χ4n) is 1.25. The van der Waals surface area contributed by atoms with Crippen molar-refractivity contribution >= 4 is 36.6 Å². The van der Waals surface area contributed by atoms with Gasteiger partial charge in [0.15, 0.2) is 0 Å². The quantitative estimate of drug-likeness (QED) is 0.594. The maximum absolute atomic E-state index is 10.7. The molecule has 0 bridgehead atoms. The van der Waals surface area contributed by atoms with E-state index < -0.39 is 5.97 Å². The number of carbonyl (C=O) groups is 1. The van der Waals surface area contributed by atoms with Crippen molar-refractivity contribution in [3.05, 3.63) is 44.9 Å². The first-order chi connectivity index (χ1) is 8.58. The van der Waals surface area contributed by atoms with Crippen LogP contribution < -0.4 is 0 Å². The molecule has 18 heavy (non-hydrogen) atoms. The Bertz CT molecular complexity index is 681. The summed E-state index contributed by atoms with van der Waals surface area (Å²) in [5.41, 5.74) is 0.972. The van der Waals surface area contributed by atoms with E-state index in [-0.39, 0.29) is 5.56 Å². The maximum atomic E-state index is 10.7. The first-order valence-corrected chi connectivity index (χ1v) is 5.67. The minimum atomic E-state index is -0.964. The minimum Gasteiger partial charge on any atom is -0.478 e. The van der Waals surface area contributed by atoms with Crippen LogP contribution in [0.25, 0.3) is 0 Å². The van der Waals surface area contributed by atoms with E-state index in [1.54, 1.807) is 18.3 Å². The molecule has 2 aromatic rings. The molecule has 0 saturated heterocycles. The number of aromatic amines is 2. The predicted octanol–water partition coefficient (Wildman–Crippen LogP) is 2.18. The summed E-state index contributed by atoms with van der Waals surface area (Å²) in [7, 11) is 0. The number of aromatic carboxylic acids is 1. The van der Waals surface area contributed by atoms with E-state index in [9.17, 15) is 4.79 Å². The number of nitrogens with zero attached hydrogens (tertiary/aromatic N) is 2. The third-order valence-electron chi connectivity index (χ3n) is 2.14. The second kappa shape index (κ2) is 5.07. The summed E-state index contributed by atoms with van der Waals surface area (Å²) < 4.78 is 2.08. The highest BCUT2D eigenvalue weighted by molar-refractivity contribution is 7.72. The summed E-state index contributed by atoms with van der Waals surface area (Å²) in [4.78, 5) is 10.7. The van der Waals surface area contributed by atoms with Crippen LogP contribution in [0.2, 0.25) is 0 Å². The highest BCUT2D eigenvalue weighted by Gasteiger charge is 2.00. The lowest BCUT2D eigenvalue weighted by Crippen LogP contribution is -1.96. The van der Waals surface area contributed by atoms with E-state index in [1.165, 1.54) is 16.8 Å². The van der Waals surface area contributed by atoms with Crippen molar-refractivity contribution < 1.29 is 9.90 Å². The van der Waals surface area contributed by atoms with Gasteiger partial charge in [0.25, 0.3) is 0 Å². The number of hydrogen-bond acceptors (Lipinski definition) is 4. The zero-order chi connectivity index (χ0) is 13.1. The molecule has 0 aliphatic carbocycles. The van der Waals surface area contributed by atoms with Crippen molar-refractivity contribution in [1.29, 1.82) is 0 Å². The Balaban J connectivity index is 2.27. The molecule has 92 valence electrons. The third kappa shape index (κ3) is 2.60. The van der Waals surface area contributed by atoms with E-state index in [4.69, 9.17) is 29.5 Å². The Hall–Kier alpha value is -2.06. The zero-order valence-electron chi connectivity index (χ0n) is 8.95. The van der Waals surface area contributed by atoms with Crippen LogP contribution in [0.4, 0.5) is 0 Å². The Labute approximate surface area is 112 Å². The normalized spacial score (nSPS) is 10.9. The van der Waals surface area contributed by atoms with Gasteiger partial charge in [-0.3, -0.25) is 10.2 Å². The Morgan fingerprint density at radius 3 is 2.28 bits per heavy atom. The number of hydrogen-bond donors (Lipinski definition) is 3. The van der Waals surface area contributed by atoms with E-state index in [0.29, 0.717) is 9.54 Å². The molecule has 1 heterocycles. The van der Waals surface area contributed by atoms with E-state index in [0.717, 1.165) is 5.56 Å². The van der Waals surface area contributed by atoms with Gasteiger partial charge in [0.05, 0.1) is 11.8 Å². The monoisotopic (exact) mass is 280 g/mol. The van der Waals surface area contributed by atoms with Crippen molar-refractivity contribution in [2.24, 2.45) is 5.10 Å². The van der Waals surface area contributed by atoms with Crippen LogP contribution in [0.1, 0.15) is 15.9 Å². The molecule has 1 aromatic carbocycles. The fraction of sp³-hybridized carbons (Fsp3) is 0. The summed E-state index contributed by atoms with van der Waals surface area (Å²) in [6.45, 7) is 0. The number of benzene rings is 1. The van der Waals surface area contributed by atoms with Gasteiger partial charge in [-0.25, -0.2) is 4.79 Å². The Kier molecular flexibility index (Phi) is 3.49. The second-order valence-corrected chi connectivity index (χ2v) is 4.12. The number of carboxylic acids is 1. The van der Waals surface area contributed by atoms with Crippen LogP contribution in [0.3, 0.4) is 0 Å². The maximum Gasteiger partial charge on any atom is 0.335 e. The Morgan fingerprint density at radius 1 is 1.22 bits per heavy atom. The first-order valence-electron chi connectivity index (χ1n) is 4.85. The van der Waals surface area contributed by atoms with Crippen molar-refractivity contribution in [3.8, 4) is 0 Å². The van der Waals surface area contributed by atoms with Gasteiger partial charge in [0.2, 0.25) is 9.54 Å². The van der Waals surface area contributed by atoms with E-state index in [2.05, 4.69) is 15.3 Å². The van der Waals surface area contributed by atoms with Crippen LogP contribution in [-0.4, -0.2) is 32.2 Å². The van der Waals surface area contributed by atoms with Gasteiger partial charge >= 0.3 is 5.97 Å². The third-order valence-corrected chi connectivity index (χ3v) is 2.69. The van der Waals surface area contributed by atoms with Gasteiger partial charge in [0, 0.05) is 0 Å². The molecule has 0 radical (unpaired) electrons. The van der Waals surface area contributed by atoms with Gasteiger partial charge in [-0.2, -0.15) is 9.78 Å². The summed E-state index contributed by atoms with van der Waals surface area (Å²) in [5, 5.41) is 18.1. The molecule has 0 atom stereocenters. The molecular weight excluding hydrogens is 272 g/mol. The molecule has 3 N–H and O–H groups in total. The molecule has 0 fully saturated rings. The standard InChI is InChI=1S/C10H8N4O2S2/c15-8(16)7-3-1-6(2-4-7)5-11-14-9(17)12-13-10(14)18/h1-5H,(H,12,17)(H,13,18)(H,15,16)/b11-5-. The predicted molar refractivity (Wildman–Crippen MR) is 71.2 cm³/mol. The van der Waals surface area contributed by atoms with Crippen molar-refractivity contribution in [2.45, 2.75) is 0 Å². The second-order valence-electron chi connectivity index (χ2n) is 3.34. The van der Waals surface area contributed by atoms with Gasteiger partial charge in [-0.15, -0.1) is 0 Å². The lowest BCUT2D eigenvalue weighted by Gasteiger charge is -1.95. The SMILES string of the molecule is O=C(O)c1ccc(/C=N\n2c(=S)[nH][nH]c2=S)cc1. The highest BCUT2D eigenvalue weighted by atomic mass is 32.1. The smallest absolute Gasteiger partial charge is 0.335 e. The lowest BCUT2D eigenvalue weighted by molar-refractivity contribution is 0.0697. The molecule has 6 nitrogen and oxygen atoms in total. The topological polar surface area (TPSA) is 86.2 Å². The summed E-state index contributed by atoms with van der Waals surface area (Å²) in [6.07, 6.45) is 1.54. The lowest BCUT2D eigenvalue weighted by atomic mass is 10.1. The molecule has 0 saturated carbocycles. The van der Waals surface area contributed by atoms with E-state index >= 15 is 0 Å². The van der Waals surface area contributed by atoms with Gasteiger partial charge < -0.3 is 5.11 Å². The van der Waals surface area contributed by atoms with Crippen LogP contribution in [0, 0.1) is 9.54 Å². The van der Waals surface area contributed by atoms with Crippen LogP contribution in [0.15, 0.2) is 29.4 Å². The van der Waals surface area contributed by atoms with Gasteiger partial charge in [-0.1, -0.05) is 12.1 Å². The molecule has 2 rings (SSSR count). The van der Waals surface area contributed by atoms with Gasteiger partial charge in [-0.05, 0) is 42.1 Å². The van der Waals surface area contributed by atoms with Crippen molar-refractivity contribution in [3.63, 3.8) is 0 Å². The molecule has 8 heteroatoms. The van der Waals surface area contributed by atoms with Gasteiger partial charge in [0.1, 0.15) is 0 Å². The molecule has 0 aliphatic heterocycles.